The molecule has 1 unspecified atom stereocenters. The van der Waals surface area contributed by atoms with Crippen molar-refractivity contribution in [2.45, 2.75) is 19.6 Å². The molecule has 0 radical (unpaired) electrons. The van der Waals surface area contributed by atoms with E-state index in [9.17, 15) is 4.79 Å². The first-order valence-corrected chi connectivity index (χ1v) is 3.42. The van der Waals surface area contributed by atoms with E-state index in [0.717, 1.165) is 0 Å². The van der Waals surface area contributed by atoms with E-state index in [4.69, 9.17) is 5.11 Å². The van der Waals surface area contributed by atoms with Gasteiger partial charge in [-0.15, -0.1) is 0 Å². The average molecular weight is 163 g/mol. The first kappa shape index (κ1) is 13.0. The SMILES string of the molecule is CCC(O)OC=O.CN(C)C. The molecule has 0 spiro atoms. The van der Waals surface area contributed by atoms with E-state index in [1.54, 1.807) is 6.92 Å². The number of aliphatic hydroxyl groups is 1. The summed E-state index contributed by atoms with van der Waals surface area (Å²) in [6.45, 7) is 1.95. The molecule has 1 N–H and O–H groups in total. The molecule has 0 aromatic heterocycles. The second-order valence-corrected chi connectivity index (χ2v) is 2.44. The third-order valence-electron chi connectivity index (χ3n) is 0.562. The lowest BCUT2D eigenvalue weighted by atomic mass is 10.5. The molecule has 11 heavy (non-hydrogen) atoms. The number of aliphatic hydroxyl groups excluding tert-OH is 1. The molecule has 0 saturated heterocycles. The Bertz CT molecular complexity index is 83.0. The van der Waals surface area contributed by atoms with Crippen molar-refractivity contribution in [3.8, 4) is 0 Å². The van der Waals surface area contributed by atoms with Gasteiger partial charge in [0, 0.05) is 6.42 Å². The second kappa shape index (κ2) is 9.39. The van der Waals surface area contributed by atoms with Gasteiger partial charge in [0.05, 0.1) is 0 Å². The third kappa shape index (κ3) is 26.6. The van der Waals surface area contributed by atoms with E-state index in [1.807, 2.05) is 26.0 Å². The average Bonchev–Trinajstić information content (AvgIpc) is 1.87. The van der Waals surface area contributed by atoms with E-state index >= 15 is 0 Å². The van der Waals surface area contributed by atoms with Crippen LogP contribution in [-0.2, 0) is 9.53 Å². The maximum Gasteiger partial charge on any atom is 0.295 e. The van der Waals surface area contributed by atoms with Crippen LogP contribution in [0.2, 0.25) is 0 Å². The minimum Gasteiger partial charge on any atom is -0.438 e. The fraction of sp³-hybridized carbons (Fsp3) is 0.857. The van der Waals surface area contributed by atoms with Gasteiger partial charge in [-0.05, 0) is 21.1 Å². The molecule has 0 bridgehead atoms. The summed E-state index contributed by atoms with van der Waals surface area (Å²) in [5.74, 6) is 0. The number of carbonyl (C=O) groups excluding carboxylic acids is 1. The highest BCUT2D eigenvalue weighted by Gasteiger charge is 1.94. The highest BCUT2D eigenvalue weighted by Crippen LogP contribution is 1.86. The number of rotatable bonds is 3. The number of nitrogens with zero attached hydrogens (tertiary/aromatic N) is 1. The predicted molar refractivity (Wildman–Crippen MR) is 43.1 cm³/mol. The minimum absolute atomic E-state index is 0.230. The van der Waals surface area contributed by atoms with Gasteiger partial charge in [0.15, 0.2) is 6.29 Å². The number of carbonyl (C=O) groups is 1. The molecule has 0 aliphatic carbocycles. The Morgan fingerprint density at radius 1 is 1.55 bits per heavy atom. The normalized spacial score (nSPS) is 11.5. The third-order valence-corrected chi connectivity index (χ3v) is 0.562. The summed E-state index contributed by atoms with van der Waals surface area (Å²) in [5.41, 5.74) is 0. The van der Waals surface area contributed by atoms with Gasteiger partial charge < -0.3 is 14.7 Å². The first-order chi connectivity index (χ1) is 5.04. The van der Waals surface area contributed by atoms with Crippen LogP contribution in [0.4, 0.5) is 0 Å². The van der Waals surface area contributed by atoms with Crippen LogP contribution in [0.5, 0.6) is 0 Å². The van der Waals surface area contributed by atoms with Crippen molar-refractivity contribution in [3.63, 3.8) is 0 Å². The summed E-state index contributed by atoms with van der Waals surface area (Å²) in [6.07, 6.45) is -0.476. The maximum atomic E-state index is 9.39. The van der Waals surface area contributed by atoms with Crippen LogP contribution in [0.3, 0.4) is 0 Å². The molecular weight excluding hydrogens is 146 g/mol. The quantitative estimate of drug-likeness (QED) is 0.472. The van der Waals surface area contributed by atoms with Crippen molar-refractivity contribution in [1.82, 2.24) is 4.90 Å². The summed E-state index contributed by atoms with van der Waals surface area (Å²) in [7, 11) is 6.00. The second-order valence-electron chi connectivity index (χ2n) is 2.44. The molecule has 0 heterocycles. The summed E-state index contributed by atoms with van der Waals surface area (Å²) < 4.78 is 4.07. The molecule has 0 rings (SSSR count). The van der Waals surface area contributed by atoms with Gasteiger partial charge in [0.2, 0.25) is 0 Å². The molecule has 0 amide bonds. The number of hydrogen-bond acceptors (Lipinski definition) is 4. The summed E-state index contributed by atoms with van der Waals surface area (Å²) in [6, 6.07) is 0. The standard InChI is InChI=1S/C4H8O3.C3H9N/c1-2-4(6)7-3-5;1-4(2)3/h3-4,6H,2H2,1H3;1-3H3. The van der Waals surface area contributed by atoms with Gasteiger partial charge in [-0.3, -0.25) is 4.79 Å². The van der Waals surface area contributed by atoms with Crippen molar-refractivity contribution >= 4 is 6.47 Å². The van der Waals surface area contributed by atoms with Gasteiger partial charge in [-0.2, -0.15) is 0 Å². The Hall–Kier alpha value is -0.610. The molecule has 0 aliphatic rings. The monoisotopic (exact) mass is 163 g/mol. The van der Waals surface area contributed by atoms with Crippen LogP contribution in [0.15, 0.2) is 0 Å². The fourth-order valence-electron chi connectivity index (χ4n) is 0.160. The van der Waals surface area contributed by atoms with E-state index < -0.39 is 6.29 Å². The Morgan fingerprint density at radius 3 is 2.00 bits per heavy atom. The smallest absolute Gasteiger partial charge is 0.295 e. The van der Waals surface area contributed by atoms with Crippen molar-refractivity contribution in [1.29, 1.82) is 0 Å². The Kier molecular flexibility index (Phi) is 11.1. The molecule has 68 valence electrons. The fourth-order valence-corrected chi connectivity index (χ4v) is 0.160. The zero-order chi connectivity index (χ0) is 9.28. The largest absolute Gasteiger partial charge is 0.438 e. The summed E-state index contributed by atoms with van der Waals surface area (Å²) >= 11 is 0. The van der Waals surface area contributed by atoms with Crippen LogP contribution >= 0.6 is 0 Å². The molecule has 4 nitrogen and oxygen atoms in total. The van der Waals surface area contributed by atoms with Gasteiger partial charge in [0.1, 0.15) is 0 Å². The van der Waals surface area contributed by atoms with E-state index in [-0.39, 0.29) is 6.47 Å². The molecule has 1 atom stereocenters. The lowest BCUT2D eigenvalue weighted by Gasteiger charge is -2.01. The zero-order valence-electron chi connectivity index (χ0n) is 7.57. The van der Waals surface area contributed by atoms with Crippen molar-refractivity contribution < 1.29 is 14.6 Å². The summed E-state index contributed by atoms with van der Waals surface area (Å²) in [4.78, 5) is 11.4. The van der Waals surface area contributed by atoms with Crippen LogP contribution in [0.25, 0.3) is 0 Å². The Labute approximate surface area is 67.8 Å². The molecule has 0 fully saturated rings. The molecule has 0 aromatic rings. The molecule has 0 aromatic carbocycles. The Balaban J connectivity index is 0. The van der Waals surface area contributed by atoms with Crippen LogP contribution in [-0.4, -0.2) is 43.9 Å². The zero-order valence-corrected chi connectivity index (χ0v) is 7.57. The van der Waals surface area contributed by atoms with Gasteiger partial charge in [-0.25, -0.2) is 0 Å². The van der Waals surface area contributed by atoms with Gasteiger partial charge in [-0.1, -0.05) is 6.92 Å². The topological polar surface area (TPSA) is 49.8 Å². The maximum absolute atomic E-state index is 9.39. The Morgan fingerprint density at radius 2 is 1.91 bits per heavy atom. The summed E-state index contributed by atoms with van der Waals surface area (Å²) in [5, 5.41) is 8.40. The highest BCUT2D eigenvalue weighted by molar-refractivity contribution is 5.37. The minimum atomic E-state index is -0.919. The van der Waals surface area contributed by atoms with E-state index in [2.05, 4.69) is 4.74 Å². The van der Waals surface area contributed by atoms with Gasteiger partial charge in [0.25, 0.3) is 6.47 Å². The lowest BCUT2D eigenvalue weighted by Crippen LogP contribution is -2.07. The van der Waals surface area contributed by atoms with Crippen LogP contribution in [0.1, 0.15) is 13.3 Å². The van der Waals surface area contributed by atoms with E-state index in [1.165, 1.54) is 0 Å². The van der Waals surface area contributed by atoms with Crippen molar-refractivity contribution in [3.05, 3.63) is 0 Å². The van der Waals surface area contributed by atoms with Crippen LogP contribution < -0.4 is 0 Å². The number of ether oxygens (including phenoxy) is 1. The first-order valence-electron chi connectivity index (χ1n) is 3.42. The highest BCUT2D eigenvalue weighted by atomic mass is 16.6. The van der Waals surface area contributed by atoms with Crippen LogP contribution in [0, 0.1) is 0 Å². The predicted octanol–water partition coefficient (Wildman–Crippen LogP) is 0.0656. The molecule has 0 aliphatic heterocycles. The van der Waals surface area contributed by atoms with E-state index in [0.29, 0.717) is 6.42 Å². The molecular formula is C7H17NO3. The lowest BCUT2D eigenvalue weighted by molar-refractivity contribution is -0.151. The van der Waals surface area contributed by atoms with Crippen molar-refractivity contribution in [2.75, 3.05) is 21.1 Å². The van der Waals surface area contributed by atoms with Gasteiger partial charge >= 0.3 is 0 Å². The number of hydrogen-bond donors (Lipinski definition) is 1. The van der Waals surface area contributed by atoms with Crippen molar-refractivity contribution in [2.24, 2.45) is 0 Å². The molecule has 4 heteroatoms. The molecule has 0 saturated carbocycles.